The van der Waals surface area contributed by atoms with Crippen LogP contribution in [0.3, 0.4) is 0 Å². The second kappa shape index (κ2) is 6.41. The lowest BCUT2D eigenvalue weighted by atomic mass is 10.1. The number of anilines is 1. The van der Waals surface area contributed by atoms with Crippen LogP contribution in [0, 0.1) is 0 Å². The molecular formula is C15H21N3O2. The maximum atomic E-state index is 12.1. The number of carbonyl (C=O) groups is 2. The van der Waals surface area contributed by atoms with Crippen LogP contribution in [0.4, 0.5) is 5.69 Å². The fourth-order valence-corrected chi connectivity index (χ4v) is 2.43. The van der Waals surface area contributed by atoms with Crippen molar-refractivity contribution in [1.29, 1.82) is 0 Å². The predicted molar refractivity (Wildman–Crippen MR) is 78.0 cm³/mol. The highest BCUT2D eigenvalue weighted by molar-refractivity contribution is 5.78. The second-order valence-electron chi connectivity index (χ2n) is 5.09. The van der Waals surface area contributed by atoms with E-state index in [1.54, 1.807) is 11.8 Å². The minimum Gasteiger partial charge on any atom is -0.399 e. The summed E-state index contributed by atoms with van der Waals surface area (Å²) in [6.07, 6.45) is 1.13. The van der Waals surface area contributed by atoms with Crippen LogP contribution in [0.2, 0.25) is 0 Å². The number of nitrogens with two attached hydrogens (primary N) is 1. The smallest absolute Gasteiger partial charge is 0.223 e. The van der Waals surface area contributed by atoms with Crippen molar-refractivity contribution >= 4 is 17.5 Å². The van der Waals surface area contributed by atoms with Gasteiger partial charge in [-0.05, 0) is 18.1 Å². The summed E-state index contributed by atoms with van der Waals surface area (Å²) in [5.41, 5.74) is 7.62. The molecular weight excluding hydrogens is 254 g/mol. The maximum Gasteiger partial charge on any atom is 0.223 e. The largest absolute Gasteiger partial charge is 0.399 e. The number of para-hydroxylation sites is 1. The quantitative estimate of drug-likeness (QED) is 0.833. The number of hydrogen-bond donors (Lipinski definition) is 1. The fourth-order valence-electron chi connectivity index (χ4n) is 2.43. The summed E-state index contributed by atoms with van der Waals surface area (Å²) in [6.45, 7) is 4.09. The highest BCUT2D eigenvalue weighted by Crippen LogP contribution is 2.14. The molecule has 20 heavy (non-hydrogen) atoms. The Morgan fingerprint density at radius 3 is 2.30 bits per heavy atom. The van der Waals surface area contributed by atoms with Gasteiger partial charge in [0.2, 0.25) is 11.8 Å². The Labute approximate surface area is 119 Å². The first kappa shape index (κ1) is 14.4. The van der Waals surface area contributed by atoms with Crippen LogP contribution in [0.15, 0.2) is 24.3 Å². The molecule has 1 aromatic carbocycles. The molecule has 1 aliphatic heterocycles. The molecule has 1 aromatic rings. The Balaban J connectivity index is 1.82. The highest BCUT2D eigenvalue weighted by Gasteiger charge is 2.21. The summed E-state index contributed by atoms with van der Waals surface area (Å²) >= 11 is 0. The molecule has 2 N–H and O–H groups in total. The van der Waals surface area contributed by atoms with E-state index in [9.17, 15) is 9.59 Å². The van der Waals surface area contributed by atoms with Gasteiger partial charge in [-0.25, -0.2) is 0 Å². The van der Waals surface area contributed by atoms with Gasteiger partial charge in [0.25, 0.3) is 0 Å². The molecule has 5 heteroatoms. The number of piperazine rings is 1. The van der Waals surface area contributed by atoms with Crippen molar-refractivity contribution in [1.82, 2.24) is 9.80 Å². The molecule has 1 fully saturated rings. The number of nitrogens with zero attached hydrogens (tertiary/aromatic N) is 2. The molecule has 0 radical (unpaired) electrons. The van der Waals surface area contributed by atoms with Gasteiger partial charge >= 0.3 is 0 Å². The number of aryl methyl sites for hydroxylation is 1. The average Bonchev–Trinajstić information content (AvgIpc) is 2.46. The normalized spacial score (nSPS) is 15.2. The second-order valence-corrected chi connectivity index (χ2v) is 5.09. The predicted octanol–water partition coefficient (Wildman–Crippen LogP) is 0.892. The average molecular weight is 275 g/mol. The van der Waals surface area contributed by atoms with E-state index < -0.39 is 0 Å². The summed E-state index contributed by atoms with van der Waals surface area (Å²) in [7, 11) is 0. The zero-order valence-electron chi connectivity index (χ0n) is 11.8. The van der Waals surface area contributed by atoms with Crippen molar-refractivity contribution in [3.8, 4) is 0 Å². The van der Waals surface area contributed by atoms with Crippen LogP contribution in [0.1, 0.15) is 18.9 Å². The minimum absolute atomic E-state index is 0.0779. The molecule has 2 rings (SSSR count). The summed E-state index contributed by atoms with van der Waals surface area (Å²) in [4.78, 5) is 27.0. The number of hydrogen-bond acceptors (Lipinski definition) is 3. The Morgan fingerprint density at radius 1 is 1.10 bits per heavy atom. The van der Waals surface area contributed by atoms with E-state index in [2.05, 4.69) is 0 Å². The van der Waals surface area contributed by atoms with Gasteiger partial charge in [0.15, 0.2) is 0 Å². The van der Waals surface area contributed by atoms with Crippen LogP contribution in [0.5, 0.6) is 0 Å². The van der Waals surface area contributed by atoms with Crippen molar-refractivity contribution in [3.63, 3.8) is 0 Å². The lowest BCUT2D eigenvalue weighted by Crippen LogP contribution is -2.50. The minimum atomic E-state index is 0.0779. The molecule has 0 unspecified atom stereocenters. The standard InChI is InChI=1S/C15H21N3O2/c1-12(19)17-8-10-18(11-9-17)15(20)7-6-13-4-2-3-5-14(13)16/h2-5H,6-11,16H2,1H3. The molecule has 0 saturated carbocycles. The molecule has 1 heterocycles. The van der Waals surface area contributed by atoms with E-state index in [-0.39, 0.29) is 11.8 Å². The van der Waals surface area contributed by atoms with Crippen LogP contribution in [-0.2, 0) is 16.0 Å². The van der Waals surface area contributed by atoms with Gasteiger partial charge in [0.05, 0.1) is 0 Å². The topological polar surface area (TPSA) is 66.6 Å². The van der Waals surface area contributed by atoms with Crippen LogP contribution in [-0.4, -0.2) is 47.8 Å². The van der Waals surface area contributed by atoms with Gasteiger partial charge in [0, 0.05) is 45.2 Å². The Bertz CT molecular complexity index is 494. The highest BCUT2D eigenvalue weighted by atomic mass is 16.2. The Hall–Kier alpha value is -2.04. The molecule has 1 saturated heterocycles. The van der Waals surface area contributed by atoms with Crippen molar-refractivity contribution in [3.05, 3.63) is 29.8 Å². The number of carbonyl (C=O) groups excluding carboxylic acids is 2. The maximum absolute atomic E-state index is 12.1. The molecule has 5 nitrogen and oxygen atoms in total. The third-order valence-corrected chi connectivity index (χ3v) is 3.74. The van der Waals surface area contributed by atoms with Gasteiger partial charge in [-0.3, -0.25) is 9.59 Å². The van der Waals surface area contributed by atoms with Crippen molar-refractivity contribution in [2.45, 2.75) is 19.8 Å². The van der Waals surface area contributed by atoms with Crippen molar-refractivity contribution < 1.29 is 9.59 Å². The fraction of sp³-hybridized carbons (Fsp3) is 0.467. The van der Waals surface area contributed by atoms with E-state index in [0.29, 0.717) is 39.0 Å². The van der Waals surface area contributed by atoms with Gasteiger partial charge in [-0.1, -0.05) is 18.2 Å². The Kier molecular flexibility index (Phi) is 4.61. The summed E-state index contributed by atoms with van der Waals surface area (Å²) in [5.74, 6) is 0.214. The van der Waals surface area contributed by atoms with E-state index in [0.717, 1.165) is 11.3 Å². The lowest BCUT2D eigenvalue weighted by molar-refractivity contribution is -0.138. The third kappa shape index (κ3) is 3.50. The molecule has 0 spiro atoms. The molecule has 1 aliphatic rings. The van der Waals surface area contributed by atoms with E-state index >= 15 is 0 Å². The van der Waals surface area contributed by atoms with E-state index in [1.165, 1.54) is 0 Å². The van der Waals surface area contributed by atoms with Crippen molar-refractivity contribution in [2.75, 3.05) is 31.9 Å². The van der Waals surface area contributed by atoms with E-state index in [4.69, 9.17) is 5.73 Å². The van der Waals surface area contributed by atoms with Crippen LogP contribution >= 0.6 is 0 Å². The number of benzene rings is 1. The van der Waals surface area contributed by atoms with Crippen LogP contribution < -0.4 is 5.73 Å². The molecule has 0 bridgehead atoms. The Morgan fingerprint density at radius 2 is 1.70 bits per heavy atom. The summed E-state index contributed by atoms with van der Waals surface area (Å²) < 4.78 is 0. The summed E-state index contributed by atoms with van der Waals surface area (Å²) in [5, 5.41) is 0. The van der Waals surface area contributed by atoms with Crippen LogP contribution in [0.25, 0.3) is 0 Å². The zero-order chi connectivity index (χ0) is 14.5. The lowest BCUT2D eigenvalue weighted by Gasteiger charge is -2.34. The molecule has 0 aliphatic carbocycles. The zero-order valence-corrected chi connectivity index (χ0v) is 11.8. The monoisotopic (exact) mass is 275 g/mol. The van der Waals surface area contributed by atoms with Gasteiger partial charge in [-0.15, -0.1) is 0 Å². The SMILES string of the molecule is CC(=O)N1CCN(C(=O)CCc2ccccc2N)CC1. The van der Waals surface area contributed by atoms with E-state index in [1.807, 2.05) is 29.2 Å². The van der Waals surface area contributed by atoms with Gasteiger partial charge in [0.1, 0.15) is 0 Å². The number of amides is 2. The number of nitrogen functional groups attached to an aromatic ring is 1. The molecule has 108 valence electrons. The molecule has 2 amide bonds. The van der Waals surface area contributed by atoms with Gasteiger partial charge in [-0.2, -0.15) is 0 Å². The first-order valence-electron chi connectivity index (χ1n) is 6.94. The molecule has 0 atom stereocenters. The molecule has 0 aromatic heterocycles. The number of rotatable bonds is 3. The van der Waals surface area contributed by atoms with Gasteiger partial charge < -0.3 is 15.5 Å². The third-order valence-electron chi connectivity index (χ3n) is 3.74. The van der Waals surface area contributed by atoms with Crippen molar-refractivity contribution in [2.24, 2.45) is 0 Å². The first-order valence-corrected chi connectivity index (χ1v) is 6.94. The first-order chi connectivity index (χ1) is 9.58. The summed E-state index contributed by atoms with van der Waals surface area (Å²) in [6, 6.07) is 7.63.